The molecule has 0 amide bonds. The maximum atomic E-state index is 2.53. The van der Waals surface area contributed by atoms with E-state index in [1.807, 2.05) is 0 Å². The predicted molar refractivity (Wildman–Crippen MR) is 151 cm³/mol. The van der Waals surface area contributed by atoms with Crippen LogP contribution in [-0.4, -0.2) is 46.2 Å². The summed E-state index contributed by atoms with van der Waals surface area (Å²) < 4.78 is 7.09. The zero-order valence-corrected chi connectivity index (χ0v) is 26.4. The van der Waals surface area contributed by atoms with Crippen LogP contribution in [0.4, 0.5) is 0 Å². The number of hydrogen-bond acceptors (Lipinski definition) is 0. The van der Waals surface area contributed by atoms with E-state index < -0.39 is 46.2 Å². The first kappa shape index (κ1) is 23.8. The molecule has 0 saturated carbocycles. The Balaban J connectivity index is 1.73. The zero-order chi connectivity index (χ0) is 22.3. The quantitative estimate of drug-likeness (QED) is 0.287. The molecule has 1 heterocycles. The molecule has 0 aliphatic carbocycles. The van der Waals surface area contributed by atoms with Gasteiger partial charge in [-0.2, -0.15) is 0 Å². The van der Waals surface area contributed by atoms with Crippen LogP contribution >= 0.6 is 0 Å². The van der Waals surface area contributed by atoms with Gasteiger partial charge < -0.3 is 0 Å². The van der Waals surface area contributed by atoms with Crippen molar-refractivity contribution in [3.05, 3.63) is 121 Å². The van der Waals surface area contributed by atoms with Crippen molar-refractivity contribution in [2.24, 2.45) is 0 Å². The van der Waals surface area contributed by atoms with E-state index in [1.54, 1.807) is 17.4 Å². The number of rotatable bonds is 4. The Morgan fingerprint density at radius 2 is 0.636 bits per heavy atom. The SMILES string of the molecule is c1ccc([As]2CCCCC[As](c3ccccc3)[As](c3ccccc3)[As]2c2ccccc2)cc1. The van der Waals surface area contributed by atoms with E-state index in [4.69, 9.17) is 0 Å². The molecule has 0 spiro atoms. The molecule has 1 fully saturated rings. The molecular weight excluding hydrogens is 648 g/mol. The normalized spacial score (nSPS) is 23.8. The molecule has 0 radical (unpaired) electrons. The first-order valence-corrected chi connectivity index (χ1v) is 33.8. The van der Waals surface area contributed by atoms with Crippen molar-refractivity contribution in [1.82, 2.24) is 0 Å². The Morgan fingerprint density at radius 3 is 0.970 bits per heavy atom. The van der Waals surface area contributed by atoms with Crippen LogP contribution in [0.2, 0.25) is 10.4 Å². The average Bonchev–Trinajstić information content (AvgIpc) is 3.00. The van der Waals surface area contributed by atoms with Gasteiger partial charge in [-0.15, -0.1) is 0 Å². The third-order valence-corrected chi connectivity index (χ3v) is 115. The average molecular weight is 678 g/mol. The van der Waals surface area contributed by atoms with Crippen LogP contribution in [0.1, 0.15) is 19.3 Å². The molecule has 1 aliphatic heterocycles. The van der Waals surface area contributed by atoms with Gasteiger partial charge in [-0.1, -0.05) is 0 Å². The van der Waals surface area contributed by atoms with E-state index in [0.29, 0.717) is 0 Å². The van der Waals surface area contributed by atoms with Crippen molar-refractivity contribution in [3.63, 3.8) is 0 Å². The first-order chi connectivity index (χ1) is 16.4. The molecular formula is C29H30As4. The van der Waals surface area contributed by atoms with Gasteiger partial charge in [-0.25, -0.2) is 0 Å². The summed E-state index contributed by atoms with van der Waals surface area (Å²) in [6.07, 6.45) is 4.33. The van der Waals surface area contributed by atoms with E-state index in [9.17, 15) is 0 Å². The van der Waals surface area contributed by atoms with Gasteiger partial charge in [-0.3, -0.25) is 0 Å². The molecule has 4 atom stereocenters. The van der Waals surface area contributed by atoms with E-state index in [0.717, 1.165) is 0 Å². The van der Waals surface area contributed by atoms with Gasteiger partial charge in [-0.05, 0) is 0 Å². The molecule has 0 nitrogen and oxygen atoms in total. The van der Waals surface area contributed by atoms with Gasteiger partial charge >= 0.3 is 215 Å². The molecule has 33 heavy (non-hydrogen) atoms. The van der Waals surface area contributed by atoms with Crippen LogP contribution < -0.4 is 17.4 Å². The van der Waals surface area contributed by atoms with Gasteiger partial charge in [0, 0.05) is 0 Å². The minimum absolute atomic E-state index is 1.16. The van der Waals surface area contributed by atoms with E-state index in [2.05, 4.69) is 121 Å². The Kier molecular flexibility index (Phi) is 8.80. The second-order valence-electron chi connectivity index (χ2n) is 8.23. The molecule has 4 unspecified atom stereocenters. The fourth-order valence-corrected chi connectivity index (χ4v) is 166. The maximum absolute atomic E-state index is 2.53. The molecule has 0 N–H and O–H groups in total. The summed E-state index contributed by atoms with van der Waals surface area (Å²) in [5.74, 6) is 0. The summed E-state index contributed by atoms with van der Waals surface area (Å²) in [5, 5.41) is 3.03. The zero-order valence-electron chi connectivity index (χ0n) is 18.9. The summed E-state index contributed by atoms with van der Waals surface area (Å²) in [5.41, 5.74) is 0. The predicted octanol–water partition coefficient (Wildman–Crippen LogP) is 4.01. The van der Waals surface area contributed by atoms with Gasteiger partial charge in [0.15, 0.2) is 0 Å². The molecule has 0 bridgehead atoms. The Labute approximate surface area is 212 Å². The van der Waals surface area contributed by atoms with Crippen molar-refractivity contribution < 1.29 is 0 Å². The Morgan fingerprint density at radius 1 is 0.333 bits per heavy atom. The van der Waals surface area contributed by atoms with E-state index in [-0.39, 0.29) is 0 Å². The van der Waals surface area contributed by atoms with Crippen molar-refractivity contribution >= 4 is 63.6 Å². The molecule has 1 aliphatic rings. The molecule has 1 saturated heterocycles. The fourth-order valence-electron chi connectivity index (χ4n) is 4.39. The summed E-state index contributed by atoms with van der Waals surface area (Å²) in [6.45, 7) is 0. The molecule has 4 aromatic carbocycles. The number of benzene rings is 4. The molecule has 4 heteroatoms. The van der Waals surface area contributed by atoms with Gasteiger partial charge in [0.1, 0.15) is 0 Å². The summed E-state index contributed by atoms with van der Waals surface area (Å²) in [6, 6.07) is 47.5. The first-order valence-electron chi connectivity index (χ1n) is 11.8. The summed E-state index contributed by atoms with van der Waals surface area (Å²) >= 11 is -2.33. The molecule has 5 rings (SSSR count). The second kappa shape index (κ2) is 12.2. The fraction of sp³-hybridized carbons (Fsp3) is 0.172. The van der Waals surface area contributed by atoms with Gasteiger partial charge in [0.2, 0.25) is 0 Å². The minimum atomic E-state index is -1.24. The van der Waals surface area contributed by atoms with Crippen molar-refractivity contribution in [2.45, 2.75) is 29.7 Å². The summed E-state index contributed by atoms with van der Waals surface area (Å²) in [4.78, 5) is 0. The van der Waals surface area contributed by atoms with Crippen molar-refractivity contribution in [2.75, 3.05) is 0 Å². The van der Waals surface area contributed by atoms with Crippen LogP contribution in [0.5, 0.6) is 0 Å². The molecule has 0 aromatic heterocycles. The van der Waals surface area contributed by atoms with E-state index in [1.165, 1.54) is 29.7 Å². The van der Waals surface area contributed by atoms with Gasteiger partial charge in [0.05, 0.1) is 0 Å². The number of hydrogen-bond donors (Lipinski definition) is 0. The van der Waals surface area contributed by atoms with Crippen LogP contribution in [0, 0.1) is 0 Å². The second-order valence-corrected chi connectivity index (χ2v) is 63.6. The third-order valence-electron chi connectivity index (χ3n) is 5.96. The summed E-state index contributed by atoms with van der Waals surface area (Å²) in [7, 11) is -2.48. The van der Waals surface area contributed by atoms with Crippen LogP contribution in [0.15, 0.2) is 121 Å². The topological polar surface area (TPSA) is 0 Å². The Hall–Kier alpha value is -0.886. The van der Waals surface area contributed by atoms with Gasteiger partial charge in [0.25, 0.3) is 0 Å². The van der Waals surface area contributed by atoms with Crippen LogP contribution in [-0.2, 0) is 0 Å². The molecule has 166 valence electrons. The van der Waals surface area contributed by atoms with Crippen molar-refractivity contribution in [3.8, 4) is 0 Å². The van der Waals surface area contributed by atoms with E-state index >= 15 is 0 Å². The standard InChI is InChI=1S/C29H30As4/c1-6-16-26(17-7-1)30-24-14-5-15-25-31(27-18-8-2-9-19-27)33(29-22-12-4-13-23-29)32(30)28-20-10-3-11-21-28/h1-4,6-13,16-23H,5,14-15,24-25H2. The molecule has 4 aromatic rings. The van der Waals surface area contributed by atoms with Crippen molar-refractivity contribution in [1.29, 1.82) is 0 Å². The van der Waals surface area contributed by atoms with Crippen LogP contribution in [0.25, 0.3) is 0 Å². The Bertz CT molecular complexity index is 1010. The third kappa shape index (κ3) is 5.85. The monoisotopic (exact) mass is 678 g/mol. The van der Waals surface area contributed by atoms with Crippen LogP contribution in [0.3, 0.4) is 0 Å².